The van der Waals surface area contributed by atoms with Gasteiger partial charge in [-0.3, -0.25) is 0 Å². The molecule has 1 aromatic rings. The molecule has 0 bridgehead atoms. The third-order valence-electron chi connectivity index (χ3n) is 3.92. The van der Waals surface area contributed by atoms with Crippen LogP contribution in [-0.2, 0) is 4.74 Å². The number of halogens is 1. The van der Waals surface area contributed by atoms with E-state index in [1.807, 2.05) is 6.07 Å². The maximum atomic E-state index is 13.7. The number of benzene rings is 1. The Labute approximate surface area is 127 Å². The molecule has 1 aliphatic rings. The van der Waals surface area contributed by atoms with Crippen molar-refractivity contribution in [3.8, 4) is 0 Å². The summed E-state index contributed by atoms with van der Waals surface area (Å²) in [5, 5.41) is 3.45. The number of ether oxygens (including phenoxy) is 1. The molecular formula is C17H27FN2O. The largest absolute Gasteiger partial charge is 0.372 e. The van der Waals surface area contributed by atoms with E-state index in [0.717, 1.165) is 37.3 Å². The Hall–Kier alpha value is -1.13. The molecule has 0 amide bonds. The minimum atomic E-state index is -0.173. The molecule has 1 heterocycles. The van der Waals surface area contributed by atoms with Gasteiger partial charge < -0.3 is 15.0 Å². The molecule has 3 atom stereocenters. The summed E-state index contributed by atoms with van der Waals surface area (Å²) >= 11 is 0. The lowest BCUT2D eigenvalue weighted by atomic mass is 10.0. The van der Waals surface area contributed by atoms with Crippen LogP contribution >= 0.6 is 0 Å². The quantitative estimate of drug-likeness (QED) is 0.899. The first-order valence-electron chi connectivity index (χ1n) is 7.94. The summed E-state index contributed by atoms with van der Waals surface area (Å²) < 4.78 is 19.5. The van der Waals surface area contributed by atoms with E-state index in [1.165, 1.54) is 0 Å². The van der Waals surface area contributed by atoms with Crippen molar-refractivity contribution in [2.45, 2.75) is 52.4 Å². The predicted octanol–water partition coefficient (Wildman–Crippen LogP) is 3.50. The monoisotopic (exact) mass is 294 g/mol. The molecule has 1 fully saturated rings. The van der Waals surface area contributed by atoms with Crippen molar-refractivity contribution in [3.63, 3.8) is 0 Å². The van der Waals surface area contributed by atoms with Gasteiger partial charge in [-0.2, -0.15) is 0 Å². The van der Waals surface area contributed by atoms with Gasteiger partial charge in [0.1, 0.15) is 5.82 Å². The van der Waals surface area contributed by atoms with Crippen LogP contribution in [0.25, 0.3) is 0 Å². The molecule has 118 valence electrons. The Balaban J connectivity index is 2.25. The minimum Gasteiger partial charge on any atom is -0.372 e. The number of anilines is 1. The fraction of sp³-hybridized carbons (Fsp3) is 0.647. The zero-order valence-corrected chi connectivity index (χ0v) is 13.5. The van der Waals surface area contributed by atoms with Crippen LogP contribution < -0.4 is 10.2 Å². The van der Waals surface area contributed by atoms with Crippen LogP contribution in [-0.4, -0.2) is 31.8 Å². The Morgan fingerprint density at radius 2 is 2.00 bits per heavy atom. The third-order valence-corrected chi connectivity index (χ3v) is 3.92. The maximum absolute atomic E-state index is 13.7. The summed E-state index contributed by atoms with van der Waals surface area (Å²) in [5.41, 5.74) is 2.15. The second-order valence-electron chi connectivity index (χ2n) is 6.04. The van der Waals surface area contributed by atoms with Gasteiger partial charge in [0.2, 0.25) is 0 Å². The lowest BCUT2D eigenvalue weighted by Crippen LogP contribution is -2.46. The number of hydrogen-bond donors (Lipinski definition) is 1. The molecule has 0 aromatic heterocycles. The van der Waals surface area contributed by atoms with Crippen LogP contribution in [0.4, 0.5) is 10.1 Å². The Morgan fingerprint density at radius 3 is 2.62 bits per heavy atom. The molecule has 1 aliphatic heterocycles. The smallest absolute Gasteiger partial charge is 0.123 e. The van der Waals surface area contributed by atoms with Crippen molar-refractivity contribution in [3.05, 3.63) is 29.6 Å². The summed E-state index contributed by atoms with van der Waals surface area (Å²) in [5.74, 6) is -0.173. The normalized spacial score (nSPS) is 24.1. The zero-order chi connectivity index (χ0) is 15.4. The second-order valence-corrected chi connectivity index (χ2v) is 6.04. The SMILES string of the molecule is CCCNC(C)c1cc(F)ccc1N1C[C@@H](C)O[C@@H](C)C1. The second kappa shape index (κ2) is 7.23. The van der Waals surface area contributed by atoms with Crippen LogP contribution in [0, 0.1) is 5.82 Å². The van der Waals surface area contributed by atoms with E-state index in [0.29, 0.717) is 0 Å². The average molecular weight is 294 g/mol. The van der Waals surface area contributed by atoms with Crippen LogP contribution in [0.1, 0.15) is 45.7 Å². The fourth-order valence-electron chi connectivity index (χ4n) is 3.01. The minimum absolute atomic E-state index is 0.143. The van der Waals surface area contributed by atoms with E-state index in [9.17, 15) is 4.39 Å². The Morgan fingerprint density at radius 1 is 1.33 bits per heavy atom. The van der Waals surface area contributed by atoms with E-state index in [2.05, 4.69) is 37.9 Å². The lowest BCUT2D eigenvalue weighted by molar-refractivity contribution is -0.00528. The fourth-order valence-corrected chi connectivity index (χ4v) is 3.01. The van der Waals surface area contributed by atoms with Gasteiger partial charge in [-0.15, -0.1) is 0 Å². The highest BCUT2D eigenvalue weighted by atomic mass is 19.1. The molecule has 0 spiro atoms. The number of hydrogen-bond acceptors (Lipinski definition) is 3. The van der Waals surface area contributed by atoms with Crippen molar-refractivity contribution in [2.24, 2.45) is 0 Å². The molecule has 1 aromatic carbocycles. The number of morpholine rings is 1. The van der Waals surface area contributed by atoms with E-state index in [4.69, 9.17) is 4.74 Å². The zero-order valence-electron chi connectivity index (χ0n) is 13.5. The van der Waals surface area contributed by atoms with Crippen LogP contribution in [0.5, 0.6) is 0 Å². The molecule has 0 aliphatic carbocycles. The summed E-state index contributed by atoms with van der Waals surface area (Å²) in [4.78, 5) is 2.32. The van der Waals surface area contributed by atoms with E-state index in [-0.39, 0.29) is 24.1 Å². The summed E-state index contributed by atoms with van der Waals surface area (Å²) in [6.45, 7) is 11.0. The molecule has 2 rings (SSSR count). The highest BCUT2D eigenvalue weighted by molar-refractivity contribution is 5.55. The number of rotatable bonds is 5. The highest BCUT2D eigenvalue weighted by Gasteiger charge is 2.25. The molecule has 1 saturated heterocycles. The van der Waals surface area contributed by atoms with Crippen LogP contribution in [0.3, 0.4) is 0 Å². The van der Waals surface area contributed by atoms with Gasteiger partial charge >= 0.3 is 0 Å². The van der Waals surface area contributed by atoms with Crippen molar-refractivity contribution < 1.29 is 9.13 Å². The van der Waals surface area contributed by atoms with E-state index < -0.39 is 0 Å². The number of nitrogens with zero attached hydrogens (tertiary/aromatic N) is 1. The Kier molecular flexibility index (Phi) is 5.59. The van der Waals surface area contributed by atoms with Gasteiger partial charge in [0.25, 0.3) is 0 Å². The molecule has 21 heavy (non-hydrogen) atoms. The van der Waals surface area contributed by atoms with E-state index in [1.54, 1.807) is 12.1 Å². The van der Waals surface area contributed by atoms with Crippen molar-refractivity contribution in [1.29, 1.82) is 0 Å². The summed E-state index contributed by atoms with van der Waals surface area (Å²) in [6.07, 6.45) is 1.47. The van der Waals surface area contributed by atoms with Gasteiger partial charge in [0, 0.05) is 24.8 Å². The van der Waals surface area contributed by atoms with Crippen LogP contribution in [0.15, 0.2) is 18.2 Å². The molecule has 0 saturated carbocycles. The van der Waals surface area contributed by atoms with Gasteiger partial charge in [-0.05, 0) is 57.5 Å². The van der Waals surface area contributed by atoms with Gasteiger partial charge in [-0.1, -0.05) is 6.92 Å². The van der Waals surface area contributed by atoms with Gasteiger partial charge in [-0.25, -0.2) is 4.39 Å². The summed E-state index contributed by atoms with van der Waals surface area (Å²) in [6, 6.07) is 5.26. The van der Waals surface area contributed by atoms with Crippen molar-refractivity contribution in [2.75, 3.05) is 24.5 Å². The van der Waals surface area contributed by atoms with Gasteiger partial charge in [0.05, 0.1) is 12.2 Å². The standard InChI is InChI=1S/C17H27FN2O/c1-5-8-19-14(4)16-9-15(18)6-7-17(16)20-10-12(2)21-13(3)11-20/h6-7,9,12-14,19H,5,8,10-11H2,1-4H3/t12-,13+,14?. The van der Waals surface area contributed by atoms with E-state index >= 15 is 0 Å². The topological polar surface area (TPSA) is 24.5 Å². The molecule has 1 unspecified atom stereocenters. The lowest BCUT2D eigenvalue weighted by Gasteiger charge is -2.38. The first kappa shape index (κ1) is 16.2. The third kappa shape index (κ3) is 4.17. The van der Waals surface area contributed by atoms with Crippen molar-refractivity contribution in [1.82, 2.24) is 5.32 Å². The molecule has 3 nitrogen and oxygen atoms in total. The van der Waals surface area contributed by atoms with Gasteiger partial charge in [0.15, 0.2) is 0 Å². The predicted molar refractivity (Wildman–Crippen MR) is 85.3 cm³/mol. The number of nitrogens with one attached hydrogen (secondary N) is 1. The first-order chi connectivity index (χ1) is 10.0. The molecule has 1 N–H and O–H groups in total. The Bertz CT molecular complexity index is 456. The maximum Gasteiger partial charge on any atom is 0.123 e. The molecule has 4 heteroatoms. The molecular weight excluding hydrogens is 267 g/mol. The van der Waals surface area contributed by atoms with Crippen LogP contribution in [0.2, 0.25) is 0 Å². The average Bonchev–Trinajstić information content (AvgIpc) is 2.43. The highest BCUT2D eigenvalue weighted by Crippen LogP contribution is 2.29. The molecule has 0 radical (unpaired) electrons. The summed E-state index contributed by atoms with van der Waals surface area (Å²) in [7, 11) is 0. The van der Waals surface area contributed by atoms with Crippen molar-refractivity contribution >= 4 is 5.69 Å². The first-order valence-corrected chi connectivity index (χ1v) is 7.94.